The number of rotatable bonds is 14. The summed E-state index contributed by atoms with van der Waals surface area (Å²) in [5.41, 5.74) is 5.51. The molecular weight excluding hydrogens is 516 g/mol. The summed E-state index contributed by atoms with van der Waals surface area (Å²) in [7, 11) is 0. The van der Waals surface area contributed by atoms with Crippen molar-refractivity contribution in [3.63, 3.8) is 0 Å². The average Bonchev–Trinajstić information content (AvgIpc) is 3.26. The molecule has 3 rings (SSSR count). The lowest BCUT2D eigenvalue weighted by molar-refractivity contribution is -0.139. The minimum Gasteiger partial charge on any atom is -0.481 e. The molecule has 1 aromatic heterocycles. The average molecular weight is 557 g/mol. The minimum atomic E-state index is -1.14. The van der Waals surface area contributed by atoms with Gasteiger partial charge in [0, 0.05) is 29.2 Å². The molecule has 0 radical (unpaired) electrons. The Morgan fingerprint density at radius 1 is 1.00 bits per heavy atom. The Hall–Kier alpha value is -4.20. The molecule has 1 amide bonds. The Labute approximate surface area is 242 Å². The number of aliphatic carboxylic acids is 1. The lowest BCUT2D eigenvalue weighted by Crippen LogP contribution is -2.22. The van der Waals surface area contributed by atoms with Crippen LogP contribution in [0.1, 0.15) is 67.7 Å². The number of amides is 1. The van der Waals surface area contributed by atoms with E-state index in [1.54, 1.807) is 6.08 Å². The first-order valence-corrected chi connectivity index (χ1v) is 13.9. The zero-order valence-corrected chi connectivity index (χ0v) is 24.0. The van der Waals surface area contributed by atoms with Crippen LogP contribution in [-0.4, -0.2) is 44.0 Å². The van der Waals surface area contributed by atoms with Crippen molar-refractivity contribution >= 4 is 23.6 Å². The summed E-state index contributed by atoms with van der Waals surface area (Å²) in [6, 6.07) is 19.1. The maximum Gasteiger partial charge on any atom is 0.305 e. The van der Waals surface area contributed by atoms with Gasteiger partial charge in [-0.25, -0.2) is 0 Å². The number of carbonyl (C=O) groups is 2. The molecule has 0 aliphatic rings. The maximum absolute atomic E-state index is 14.0. The molecule has 0 fully saturated rings. The van der Waals surface area contributed by atoms with E-state index in [9.17, 15) is 19.8 Å². The second kappa shape index (κ2) is 15.0. The van der Waals surface area contributed by atoms with Gasteiger partial charge in [-0.15, -0.1) is 0 Å². The van der Waals surface area contributed by atoms with Crippen molar-refractivity contribution in [2.45, 2.75) is 64.7 Å². The summed E-state index contributed by atoms with van der Waals surface area (Å²) in [6.45, 7) is 10.2. The number of aliphatic hydroxyl groups excluding tert-OH is 2. The Kier molecular flexibility index (Phi) is 11.4. The first-order valence-electron chi connectivity index (χ1n) is 13.9. The maximum atomic E-state index is 14.0. The standard InChI is InChI=1S/C34H40N2O5/c1-5-24(4)13-12-18-29-31(25-14-8-6-9-15-25)32(34(41)35-26-16-10-7-11-17-26)33(23(2)3)36(29)20-19-27(37)21-28(38)22-30(39)40/h5-18,23,27-28,37-38H,1,19-22H2,2-4H3,(H,35,41)(H,39,40)/b18-12+,24-13+. The Bertz CT molecular complexity index is 1390. The van der Waals surface area contributed by atoms with Gasteiger partial charge in [0.2, 0.25) is 0 Å². The van der Waals surface area contributed by atoms with Crippen LogP contribution in [-0.2, 0) is 11.3 Å². The van der Waals surface area contributed by atoms with Crippen molar-refractivity contribution in [3.05, 3.63) is 108 Å². The van der Waals surface area contributed by atoms with Crippen LogP contribution >= 0.6 is 0 Å². The van der Waals surface area contributed by atoms with Gasteiger partial charge in [-0.2, -0.15) is 0 Å². The molecular formula is C34H40N2O5. The van der Waals surface area contributed by atoms with Gasteiger partial charge in [0.05, 0.1) is 24.2 Å². The number of anilines is 1. The molecule has 0 saturated heterocycles. The highest BCUT2D eigenvalue weighted by Gasteiger charge is 2.29. The summed E-state index contributed by atoms with van der Waals surface area (Å²) in [4.78, 5) is 25.0. The van der Waals surface area contributed by atoms with Crippen LogP contribution < -0.4 is 5.32 Å². The molecule has 41 heavy (non-hydrogen) atoms. The van der Waals surface area contributed by atoms with Gasteiger partial charge in [-0.1, -0.05) is 92.8 Å². The number of aliphatic hydroxyl groups is 2. The zero-order valence-electron chi connectivity index (χ0n) is 24.0. The lowest BCUT2D eigenvalue weighted by Gasteiger charge is -2.19. The summed E-state index contributed by atoms with van der Waals surface area (Å²) in [5.74, 6) is -1.40. The van der Waals surface area contributed by atoms with Crippen molar-refractivity contribution in [1.82, 2.24) is 4.57 Å². The van der Waals surface area contributed by atoms with Gasteiger partial charge in [0.1, 0.15) is 0 Å². The Morgan fingerprint density at radius 3 is 2.22 bits per heavy atom. The van der Waals surface area contributed by atoms with Crippen molar-refractivity contribution < 1.29 is 24.9 Å². The number of carbonyl (C=O) groups excluding carboxylic acids is 1. The smallest absolute Gasteiger partial charge is 0.305 e. The molecule has 216 valence electrons. The van der Waals surface area contributed by atoms with Gasteiger partial charge in [-0.05, 0) is 49.5 Å². The van der Waals surface area contributed by atoms with Crippen molar-refractivity contribution in [1.29, 1.82) is 0 Å². The fourth-order valence-corrected chi connectivity index (χ4v) is 4.87. The molecule has 3 aromatic rings. The van der Waals surface area contributed by atoms with E-state index in [0.29, 0.717) is 17.8 Å². The van der Waals surface area contributed by atoms with Crippen LogP contribution in [0.2, 0.25) is 0 Å². The topological polar surface area (TPSA) is 112 Å². The monoisotopic (exact) mass is 556 g/mol. The Morgan fingerprint density at radius 2 is 1.63 bits per heavy atom. The van der Waals surface area contributed by atoms with Crippen LogP contribution in [0.3, 0.4) is 0 Å². The number of nitrogens with one attached hydrogen (secondary N) is 1. The van der Waals surface area contributed by atoms with Crippen LogP contribution in [0.15, 0.2) is 91.0 Å². The molecule has 1 heterocycles. The number of hydrogen-bond donors (Lipinski definition) is 4. The van der Waals surface area contributed by atoms with Gasteiger partial charge >= 0.3 is 5.97 Å². The summed E-state index contributed by atoms with van der Waals surface area (Å²) >= 11 is 0. The van der Waals surface area contributed by atoms with Crippen molar-refractivity contribution in [2.75, 3.05) is 5.32 Å². The lowest BCUT2D eigenvalue weighted by atomic mass is 9.96. The predicted molar refractivity (Wildman–Crippen MR) is 165 cm³/mol. The normalized spacial score (nSPS) is 13.4. The Balaban J connectivity index is 2.19. The molecule has 7 heteroatoms. The van der Waals surface area contributed by atoms with Gasteiger partial charge in [0.15, 0.2) is 0 Å². The third-order valence-electron chi connectivity index (χ3n) is 6.79. The first kappa shape index (κ1) is 31.3. The molecule has 0 saturated carbocycles. The van der Waals surface area contributed by atoms with Crippen LogP contribution in [0.25, 0.3) is 17.2 Å². The molecule has 0 aliphatic heterocycles. The first-order chi connectivity index (χ1) is 19.6. The van der Waals surface area contributed by atoms with E-state index in [1.165, 1.54) is 0 Å². The number of nitrogens with zero attached hydrogens (tertiary/aromatic N) is 1. The molecule has 4 N–H and O–H groups in total. The molecule has 7 nitrogen and oxygen atoms in total. The second-order valence-electron chi connectivity index (χ2n) is 10.4. The van der Waals surface area contributed by atoms with Crippen LogP contribution in [0.4, 0.5) is 5.69 Å². The number of benzene rings is 2. The number of para-hydroxylation sites is 1. The van der Waals surface area contributed by atoms with Crippen molar-refractivity contribution in [2.24, 2.45) is 0 Å². The van der Waals surface area contributed by atoms with Gasteiger partial charge < -0.3 is 25.2 Å². The fourth-order valence-electron chi connectivity index (χ4n) is 4.87. The number of allylic oxidation sites excluding steroid dienone is 4. The van der Waals surface area contributed by atoms with E-state index in [-0.39, 0.29) is 24.7 Å². The molecule has 0 bridgehead atoms. The second-order valence-corrected chi connectivity index (χ2v) is 10.4. The quantitative estimate of drug-likeness (QED) is 0.166. The van der Waals surface area contributed by atoms with Gasteiger partial charge in [0.25, 0.3) is 5.91 Å². The highest BCUT2D eigenvalue weighted by Crippen LogP contribution is 2.38. The van der Waals surface area contributed by atoms with Gasteiger partial charge in [-0.3, -0.25) is 9.59 Å². The molecule has 2 aromatic carbocycles. The molecule has 2 unspecified atom stereocenters. The number of hydrogen-bond acceptors (Lipinski definition) is 4. The van der Waals surface area contributed by atoms with Crippen molar-refractivity contribution in [3.8, 4) is 11.1 Å². The predicted octanol–water partition coefficient (Wildman–Crippen LogP) is 6.65. The van der Waals surface area contributed by atoms with E-state index < -0.39 is 24.6 Å². The van der Waals surface area contributed by atoms with E-state index in [4.69, 9.17) is 5.11 Å². The minimum absolute atomic E-state index is 0.0451. The third-order valence-corrected chi connectivity index (χ3v) is 6.79. The van der Waals surface area contributed by atoms with E-state index >= 15 is 0 Å². The SMILES string of the molecule is C=C/C(C)=C/C=C/c1c(-c2ccccc2)c(C(=O)Nc2ccccc2)c(C(C)C)n1CCC(O)CC(O)CC(=O)O. The summed E-state index contributed by atoms with van der Waals surface area (Å²) in [5, 5.41) is 32.8. The highest BCUT2D eigenvalue weighted by atomic mass is 16.4. The number of carboxylic acids is 1. The van der Waals surface area contributed by atoms with Crippen LogP contribution in [0.5, 0.6) is 0 Å². The summed E-state index contributed by atoms with van der Waals surface area (Å²) in [6.07, 6.45) is 5.31. The van der Waals surface area contributed by atoms with E-state index in [1.807, 2.05) is 99.7 Å². The number of aromatic nitrogens is 1. The number of carboxylic acid groups (broad SMARTS) is 1. The summed E-state index contributed by atoms with van der Waals surface area (Å²) < 4.78 is 2.06. The fraction of sp³-hybridized carbons (Fsp3) is 0.294. The van der Waals surface area contributed by atoms with E-state index in [0.717, 1.165) is 28.1 Å². The van der Waals surface area contributed by atoms with E-state index in [2.05, 4.69) is 16.5 Å². The molecule has 0 aliphatic carbocycles. The third kappa shape index (κ3) is 8.64. The van der Waals surface area contributed by atoms with Crippen LogP contribution in [0, 0.1) is 0 Å². The largest absolute Gasteiger partial charge is 0.481 e. The highest BCUT2D eigenvalue weighted by molar-refractivity contribution is 6.11. The molecule has 0 spiro atoms. The zero-order chi connectivity index (χ0) is 29.9. The molecule has 2 atom stereocenters.